The van der Waals surface area contributed by atoms with Gasteiger partial charge in [-0.15, -0.1) is 0 Å². The Morgan fingerprint density at radius 1 is 1.00 bits per heavy atom. The first kappa shape index (κ1) is 23.3. The molecule has 2 aromatic carbocycles. The molecule has 31 heavy (non-hydrogen) atoms. The van der Waals surface area contributed by atoms with E-state index in [9.17, 15) is 24.5 Å². The first-order chi connectivity index (χ1) is 14.7. The average Bonchev–Trinajstić information content (AvgIpc) is 2.76. The second-order valence-corrected chi connectivity index (χ2v) is 6.94. The Labute approximate surface area is 180 Å². The summed E-state index contributed by atoms with van der Waals surface area (Å²) in [6.45, 7) is 5.30. The lowest BCUT2D eigenvalue weighted by Crippen LogP contribution is -2.51. The van der Waals surface area contributed by atoms with Crippen molar-refractivity contribution >= 4 is 23.3 Å². The van der Waals surface area contributed by atoms with Crippen LogP contribution in [0.1, 0.15) is 58.3 Å². The molecule has 8 heteroatoms. The van der Waals surface area contributed by atoms with Crippen LogP contribution in [0.4, 0.5) is 5.69 Å². The summed E-state index contributed by atoms with van der Waals surface area (Å²) in [7, 11) is 1.45. The highest BCUT2D eigenvalue weighted by Crippen LogP contribution is 2.18. The van der Waals surface area contributed by atoms with E-state index in [0.717, 1.165) is 0 Å². The Morgan fingerprint density at radius 2 is 1.61 bits per heavy atom. The maximum Gasteiger partial charge on any atom is 0.272 e. The number of ketones is 1. The third-order valence-corrected chi connectivity index (χ3v) is 4.39. The number of rotatable bonds is 5. The number of carbonyl (C=O) groups excluding carboxylic acids is 3. The third-order valence-electron chi connectivity index (χ3n) is 4.39. The minimum Gasteiger partial charge on any atom is -0.279 e. The Bertz CT molecular complexity index is 1060. The number of nitro groups is 1. The Balaban J connectivity index is 2.28. The monoisotopic (exact) mass is 421 g/mol. The smallest absolute Gasteiger partial charge is 0.272 e. The van der Waals surface area contributed by atoms with E-state index in [-0.39, 0.29) is 22.6 Å². The number of benzene rings is 2. The lowest BCUT2D eigenvalue weighted by Gasteiger charge is -2.35. The summed E-state index contributed by atoms with van der Waals surface area (Å²) < 4.78 is 0. The normalized spacial score (nSPS) is 10.1. The number of hydrazine groups is 1. The van der Waals surface area contributed by atoms with Crippen molar-refractivity contribution in [3.63, 3.8) is 0 Å². The number of hydrogen-bond acceptors (Lipinski definition) is 5. The molecule has 2 aromatic rings. The Hall–Kier alpha value is -3.99. The molecular weight excluding hydrogens is 398 g/mol. The number of non-ortho nitro benzene ring substituents is 1. The minimum absolute atomic E-state index is 0.0954. The summed E-state index contributed by atoms with van der Waals surface area (Å²) in [5.41, 5.74) is 0.529. The summed E-state index contributed by atoms with van der Waals surface area (Å²) in [5.74, 6) is 3.87. The first-order valence-electron chi connectivity index (χ1n) is 9.66. The van der Waals surface area contributed by atoms with Gasteiger partial charge in [0.15, 0.2) is 0 Å². The van der Waals surface area contributed by atoms with Gasteiger partial charge in [0.25, 0.3) is 17.5 Å². The average molecular weight is 421 g/mol. The van der Waals surface area contributed by atoms with Crippen LogP contribution in [0.2, 0.25) is 0 Å². The topological polar surface area (TPSA) is 101 Å². The van der Waals surface area contributed by atoms with Crippen LogP contribution in [-0.2, 0) is 0 Å². The van der Waals surface area contributed by atoms with E-state index in [1.807, 2.05) is 6.92 Å². The molecule has 0 N–H and O–H groups in total. The molecule has 8 nitrogen and oxygen atoms in total. The molecule has 2 rings (SSSR count). The van der Waals surface area contributed by atoms with E-state index >= 15 is 0 Å². The van der Waals surface area contributed by atoms with Crippen molar-refractivity contribution in [1.29, 1.82) is 0 Å². The molecule has 0 aliphatic carbocycles. The Kier molecular flexibility index (Phi) is 7.64. The summed E-state index contributed by atoms with van der Waals surface area (Å²) >= 11 is 0. The van der Waals surface area contributed by atoms with Gasteiger partial charge in [-0.2, -0.15) is 0 Å². The minimum atomic E-state index is -0.584. The molecule has 0 saturated carbocycles. The molecule has 0 spiro atoms. The van der Waals surface area contributed by atoms with E-state index in [1.54, 1.807) is 13.8 Å². The molecule has 0 saturated heterocycles. The fourth-order valence-electron chi connectivity index (χ4n) is 2.89. The van der Waals surface area contributed by atoms with E-state index in [0.29, 0.717) is 12.0 Å². The standard InChI is InChI=1S/C23H23N3O5/c1-5-6-10-21(27)17-11-13-18(14-12-17)22(28)24(4)25(16(2)3)23(29)19-8-7-9-20(15-19)26(30)31/h7-9,11-16H,5H2,1-4H3. The molecule has 0 radical (unpaired) electrons. The van der Waals surface area contributed by atoms with E-state index < -0.39 is 22.8 Å². The van der Waals surface area contributed by atoms with Crippen molar-refractivity contribution in [3.05, 3.63) is 75.3 Å². The van der Waals surface area contributed by atoms with Gasteiger partial charge in [-0.1, -0.05) is 18.9 Å². The van der Waals surface area contributed by atoms with Crippen LogP contribution < -0.4 is 0 Å². The van der Waals surface area contributed by atoms with Crippen LogP contribution in [0.3, 0.4) is 0 Å². The van der Waals surface area contributed by atoms with Gasteiger partial charge >= 0.3 is 0 Å². The van der Waals surface area contributed by atoms with Gasteiger partial charge in [0.05, 0.1) is 4.92 Å². The van der Waals surface area contributed by atoms with Crippen molar-refractivity contribution in [3.8, 4) is 11.8 Å². The highest BCUT2D eigenvalue weighted by molar-refractivity contribution is 6.09. The summed E-state index contributed by atoms with van der Waals surface area (Å²) in [6.07, 6.45) is 0.566. The molecular formula is C23H23N3O5. The lowest BCUT2D eigenvalue weighted by molar-refractivity contribution is -0.384. The molecule has 0 aromatic heterocycles. The molecule has 0 bridgehead atoms. The van der Waals surface area contributed by atoms with Crippen molar-refractivity contribution in [1.82, 2.24) is 10.0 Å². The molecule has 0 aliphatic heterocycles. The van der Waals surface area contributed by atoms with Gasteiger partial charge in [-0.3, -0.25) is 29.5 Å². The van der Waals surface area contributed by atoms with Crippen LogP contribution in [-0.4, -0.2) is 45.6 Å². The number of amides is 2. The summed E-state index contributed by atoms with van der Waals surface area (Å²) in [6, 6.07) is 11.0. The van der Waals surface area contributed by atoms with Crippen LogP contribution in [0, 0.1) is 22.0 Å². The number of Topliss-reactive ketones (excluding diaryl/α,β-unsaturated/α-hetero) is 1. The van der Waals surface area contributed by atoms with E-state index in [4.69, 9.17) is 0 Å². The molecule has 0 unspecified atom stereocenters. The van der Waals surface area contributed by atoms with E-state index in [1.165, 1.54) is 65.6 Å². The van der Waals surface area contributed by atoms with Gasteiger partial charge in [0, 0.05) is 48.3 Å². The van der Waals surface area contributed by atoms with Crippen LogP contribution in [0.5, 0.6) is 0 Å². The second kappa shape index (κ2) is 10.2. The van der Waals surface area contributed by atoms with Crippen molar-refractivity contribution < 1.29 is 19.3 Å². The molecule has 0 atom stereocenters. The summed E-state index contributed by atoms with van der Waals surface area (Å²) in [5, 5.41) is 13.4. The van der Waals surface area contributed by atoms with Crippen molar-refractivity contribution in [2.24, 2.45) is 0 Å². The SMILES string of the molecule is CCC#CC(=O)c1ccc(C(=O)N(C)N(C(=O)c2cccc([N+](=O)[O-])c2)C(C)C)cc1. The molecule has 0 aliphatic rings. The van der Waals surface area contributed by atoms with Crippen molar-refractivity contribution in [2.75, 3.05) is 7.05 Å². The zero-order valence-electron chi connectivity index (χ0n) is 17.8. The predicted octanol–water partition coefficient (Wildman–Crippen LogP) is 3.73. The maximum atomic E-state index is 13.0. The zero-order chi connectivity index (χ0) is 23.1. The molecule has 0 heterocycles. The fraction of sp³-hybridized carbons (Fsp3) is 0.261. The van der Waals surface area contributed by atoms with Crippen LogP contribution in [0.25, 0.3) is 0 Å². The molecule has 160 valence electrons. The molecule has 2 amide bonds. The highest BCUT2D eigenvalue weighted by Gasteiger charge is 2.28. The Morgan fingerprint density at radius 3 is 2.16 bits per heavy atom. The largest absolute Gasteiger partial charge is 0.279 e. The van der Waals surface area contributed by atoms with Crippen molar-refractivity contribution in [2.45, 2.75) is 33.2 Å². The first-order valence-corrected chi connectivity index (χ1v) is 9.66. The predicted molar refractivity (Wildman–Crippen MR) is 115 cm³/mol. The number of hydrogen-bond donors (Lipinski definition) is 0. The van der Waals surface area contributed by atoms with Gasteiger partial charge in [-0.25, -0.2) is 5.01 Å². The number of carbonyl (C=O) groups is 3. The maximum absolute atomic E-state index is 13.0. The van der Waals surface area contributed by atoms with Crippen LogP contribution >= 0.6 is 0 Å². The summed E-state index contributed by atoms with van der Waals surface area (Å²) in [4.78, 5) is 48.4. The quantitative estimate of drug-likeness (QED) is 0.241. The van der Waals surface area contributed by atoms with Gasteiger partial charge in [0.2, 0.25) is 5.78 Å². The lowest BCUT2D eigenvalue weighted by atomic mass is 10.1. The van der Waals surface area contributed by atoms with Gasteiger partial charge < -0.3 is 0 Å². The van der Waals surface area contributed by atoms with Gasteiger partial charge in [-0.05, 0) is 50.1 Å². The number of nitro benzene ring substituents is 1. The highest BCUT2D eigenvalue weighted by atomic mass is 16.6. The third kappa shape index (κ3) is 5.54. The molecule has 0 fully saturated rings. The van der Waals surface area contributed by atoms with Gasteiger partial charge in [0.1, 0.15) is 0 Å². The zero-order valence-corrected chi connectivity index (χ0v) is 17.8. The second-order valence-electron chi connectivity index (χ2n) is 6.94. The van der Waals surface area contributed by atoms with Crippen LogP contribution in [0.15, 0.2) is 48.5 Å². The fourth-order valence-corrected chi connectivity index (χ4v) is 2.89. The van der Waals surface area contributed by atoms with E-state index in [2.05, 4.69) is 11.8 Å². The number of nitrogens with zero attached hydrogens (tertiary/aromatic N) is 3.